The zero-order valence-corrected chi connectivity index (χ0v) is 14.7. The quantitative estimate of drug-likeness (QED) is 0.669. The number of nitrogens with zero attached hydrogens (tertiary/aromatic N) is 4. The average Bonchev–Trinajstić information content (AvgIpc) is 3.15. The molecule has 0 spiro atoms. The Bertz CT molecular complexity index is 919. The van der Waals surface area contributed by atoms with Crippen LogP contribution in [0.5, 0.6) is 5.75 Å². The third-order valence-corrected chi connectivity index (χ3v) is 4.30. The van der Waals surface area contributed by atoms with Crippen molar-refractivity contribution in [3.8, 4) is 23.0 Å². The van der Waals surface area contributed by atoms with Gasteiger partial charge in [0.25, 0.3) is 0 Å². The molecular weight excluding hydrogens is 344 g/mol. The minimum Gasteiger partial charge on any atom is -0.495 e. The number of hydrogen-bond donors (Lipinski definition) is 1. The van der Waals surface area contributed by atoms with Crippen molar-refractivity contribution in [3.05, 3.63) is 35.9 Å². The Labute approximate surface area is 147 Å². The topological polar surface area (TPSA) is 103 Å². The van der Waals surface area contributed by atoms with Crippen molar-refractivity contribution in [2.24, 2.45) is 0 Å². The number of methoxy groups -OCH3 is 1. The second-order valence-corrected chi connectivity index (χ2v) is 6.09. The lowest BCUT2D eigenvalue weighted by atomic mass is 10.2. The van der Waals surface area contributed by atoms with Gasteiger partial charge in [0.1, 0.15) is 5.75 Å². The molecule has 0 amide bonds. The van der Waals surface area contributed by atoms with Gasteiger partial charge in [0.2, 0.25) is 5.82 Å². The molecule has 0 atom stereocenters. The second-order valence-electron chi connectivity index (χ2n) is 5.14. The van der Waals surface area contributed by atoms with Crippen LogP contribution in [0.3, 0.4) is 0 Å². The molecule has 0 saturated heterocycles. The first kappa shape index (κ1) is 17.0. The van der Waals surface area contributed by atoms with Gasteiger partial charge in [-0.2, -0.15) is 0 Å². The molecule has 9 heteroatoms. The highest BCUT2D eigenvalue weighted by Crippen LogP contribution is 2.33. The van der Waals surface area contributed by atoms with Crippen molar-refractivity contribution in [1.82, 2.24) is 19.7 Å². The SMILES string of the molecule is COc1ccccc1-n1c(SCC(=O)O)nnc1-c1oc(C)nc1C. The van der Waals surface area contributed by atoms with E-state index in [4.69, 9.17) is 14.3 Å². The van der Waals surface area contributed by atoms with Gasteiger partial charge in [-0.15, -0.1) is 10.2 Å². The van der Waals surface area contributed by atoms with E-state index in [1.165, 1.54) is 0 Å². The summed E-state index contributed by atoms with van der Waals surface area (Å²) in [5.41, 5.74) is 1.36. The highest BCUT2D eigenvalue weighted by atomic mass is 32.2. The van der Waals surface area contributed by atoms with Gasteiger partial charge in [0.05, 0.1) is 24.2 Å². The highest BCUT2D eigenvalue weighted by molar-refractivity contribution is 7.99. The number of carboxylic acid groups (broad SMARTS) is 1. The molecule has 1 N–H and O–H groups in total. The molecule has 0 unspecified atom stereocenters. The van der Waals surface area contributed by atoms with Crippen molar-refractivity contribution in [1.29, 1.82) is 0 Å². The minimum atomic E-state index is -0.937. The van der Waals surface area contributed by atoms with Crippen LogP contribution in [0.2, 0.25) is 0 Å². The number of thioether (sulfide) groups is 1. The number of rotatable bonds is 6. The summed E-state index contributed by atoms with van der Waals surface area (Å²) in [7, 11) is 1.57. The molecule has 2 heterocycles. The fraction of sp³-hybridized carbons (Fsp3) is 0.250. The van der Waals surface area contributed by atoms with Crippen molar-refractivity contribution in [2.75, 3.05) is 12.9 Å². The van der Waals surface area contributed by atoms with Crippen LogP contribution in [0.1, 0.15) is 11.6 Å². The third-order valence-electron chi connectivity index (χ3n) is 3.39. The molecule has 0 saturated carbocycles. The number of oxazole rings is 1. The van der Waals surface area contributed by atoms with Gasteiger partial charge in [0.15, 0.2) is 16.8 Å². The lowest BCUT2D eigenvalue weighted by Crippen LogP contribution is -2.04. The zero-order chi connectivity index (χ0) is 18.0. The van der Waals surface area contributed by atoms with Crippen LogP contribution in [-0.2, 0) is 4.79 Å². The fourth-order valence-corrected chi connectivity index (χ4v) is 3.07. The number of aromatic nitrogens is 4. The van der Waals surface area contributed by atoms with E-state index in [1.54, 1.807) is 18.6 Å². The first-order valence-corrected chi connectivity index (χ1v) is 8.37. The summed E-state index contributed by atoms with van der Waals surface area (Å²) in [4.78, 5) is 15.2. The molecule has 1 aromatic carbocycles. The number of carbonyl (C=O) groups is 1. The van der Waals surface area contributed by atoms with Crippen LogP contribution < -0.4 is 4.74 Å². The Kier molecular flexibility index (Phi) is 4.75. The summed E-state index contributed by atoms with van der Waals surface area (Å²) in [6.45, 7) is 3.57. The first-order valence-electron chi connectivity index (χ1n) is 7.39. The zero-order valence-electron chi connectivity index (χ0n) is 13.9. The first-order chi connectivity index (χ1) is 12.0. The lowest BCUT2D eigenvalue weighted by molar-refractivity contribution is -0.133. The van der Waals surface area contributed by atoms with Crippen molar-refractivity contribution < 1.29 is 19.1 Å². The number of aliphatic carboxylic acids is 1. The smallest absolute Gasteiger partial charge is 0.313 e. The van der Waals surface area contributed by atoms with Crippen molar-refractivity contribution >= 4 is 17.7 Å². The van der Waals surface area contributed by atoms with E-state index in [2.05, 4.69) is 15.2 Å². The highest BCUT2D eigenvalue weighted by Gasteiger charge is 2.23. The van der Waals surface area contributed by atoms with Crippen LogP contribution in [0, 0.1) is 13.8 Å². The maximum atomic E-state index is 10.9. The van der Waals surface area contributed by atoms with E-state index in [0.717, 1.165) is 11.8 Å². The largest absolute Gasteiger partial charge is 0.495 e. The van der Waals surface area contributed by atoms with Gasteiger partial charge < -0.3 is 14.3 Å². The fourth-order valence-electron chi connectivity index (χ4n) is 2.41. The van der Waals surface area contributed by atoms with Gasteiger partial charge >= 0.3 is 5.97 Å². The van der Waals surface area contributed by atoms with Gasteiger partial charge in [-0.25, -0.2) is 4.98 Å². The van der Waals surface area contributed by atoms with Crippen molar-refractivity contribution in [2.45, 2.75) is 19.0 Å². The van der Waals surface area contributed by atoms with Crippen LogP contribution in [0.15, 0.2) is 33.8 Å². The van der Waals surface area contributed by atoms with Crippen LogP contribution >= 0.6 is 11.8 Å². The lowest BCUT2D eigenvalue weighted by Gasteiger charge is -2.12. The van der Waals surface area contributed by atoms with E-state index >= 15 is 0 Å². The maximum absolute atomic E-state index is 10.9. The van der Waals surface area contributed by atoms with Crippen molar-refractivity contribution in [3.63, 3.8) is 0 Å². The number of carboxylic acids is 1. The van der Waals surface area contributed by atoms with E-state index in [-0.39, 0.29) is 5.75 Å². The number of hydrogen-bond acceptors (Lipinski definition) is 7. The summed E-state index contributed by atoms with van der Waals surface area (Å²) in [5, 5.41) is 17.7. The molecule has 3 aromatic rings. The summed E-state index contributed by atoms with van der Waals surface area (Å²) >= 11 is 1.07. The molecule has 0 bridgehead atoms. The molecule has 0 fully saturated rings. The Morgan fingerprint density at radius 2 is 2.08 bits per heavy atom. The van der Waals surface area contributed by atoms with Crippen LogP contribution in [0.4, 0.5) is 0 Å². The molecule has 0 aliphatic heterocycles. The molecule has 130 valence electrons. The molecule has 2 aromatic heterocycles. The molecule has 25 heavy (non-hydrogen) atoms. The molecule has 0 aliphatic carbocycles. The van der Waals surface area contributed by atoms with Gasteiger partial charge in [-0.1, -0.05) is 23.9 Å². The van der Waals surface area contributed by atoms with Gasteiger partial charge in [-0.3, -0.25) is 9.36 Å². The summed E-state index contributed by atoms with van der Waals surface area (Å²) < 4.78 is 12.8. The van der Waals surface area contributed by atoms with E-state index in [1.807, 2.05) is 31.2 Å². The Morgan fingerprint density at radius 3 is 2.72 bits per heavy atom. The summed E-state index contributed by atoms with van der Waals surface area (Å²) in [6.07, 6.45) is 0. The van der Waals surface area contributed by atoms with Gasteiger partial charge in [-0.05, 0) is 19.1 Å². The van der Waals surface area contributed by atoms with E-state index in [9.17, 15) is 4.79 Å². The predicted molar refractivity (Wildman–Crippen MR) is 91.2 cm³/mol. The number of benzene rings is 1. The standard InChI is InChI=1S/C16H16N4O4S/c1-9-14(24-10(2)17-9)15-18-19-16(25-8-13(21)22)20(15)11-6-4-5-7-12(11)23-3/h4-7H,8H2,1-3H3,(H,21,22). The number of aryl methyl sites for hydroxylation is 2. The summed E-state index contributed by atoms with van der Waals surface area (Å²) in [6, 6.07) is 7.35. The Hall–Kier alpha value is -2.81. The molecular formula is C16H16N4O4S. The summed E-state index contributed by atoms with van der Waals surface area (Å²) in [5.74, 6) is 0.972. The van der Waals surface area contributed by atoms with Crippen LogP contribution in [0.25, 0.3) is 17.3 Å². The average molecular weight is 360 g/mol. The number of ether oxygens (including phenoxy) is 1. The Balaban J connectivity index is 2.19. The van der Waals surface area contributed by atoms with E-state index in [0.29, 0.717) is 39.8 Å². The predicted octanol–water partition coefficient (Wildman–Crippen LogP) is 2.72. The Morgan fingerprint density at radius 1 is 1.32 bits per heavy atom. The third kappa shape index (κ3) is 3.36. The minimum absolute atomic E-state index is 0.137. The molecule has 0 radical (unpaired) electrons. The normalized spacial score (nSPS) is 10.8. The monoisotopic (exact) mass is 360 g/mol. The molecule has 3 rings (SSSR count). The second kappa shape index (κ2) is 6.98. The van der Waals surface area contributed by atoms with Crippen LogP contribution in [-0.4, -0.2) is 43.7 Å². The van der Waals surface area contributed by atoms with E-state index < -0.39 is 5.97 Å². The number of para-hydroxylation sites is 2. The maximum Gasteiger partial charge on any atom is 0.313 e. The van der Waals surface area contributed by atoms with Gasteiger partial charge in [0, 0.05) is 6.92 Å². The molecule has 8 nitrogen and oxygen atoms in total. The molecule has 0 aliphatic rings.